The Labute approximate surface area is 264 Å². The predicted octanol–water partition coefficient (Wildman–Crippen LogP) is 5.39. The quantitative estimate of drug-likeness (QED) is 0.244. The van der Waals surface area contributed by atoms with Gasteiger partial charge in [-0.3, -0.25) is 0 Å². The Hall–Kier alpha value is -4.00. The highest BCUT2D eigenvalue weighted by Gasteiger charge is 2.36. The third-order valence-corrected chi connectivity index (χ3v) is 9.35. The third kappa shape index (κ3) is 6.54. The zero-order valence-electron chi connectivity index (χ0n) is 27.1. The maximum atomic E-state index is 12.9. The van der Waals surface area contributed by atoms with E-state index in [-0.39, 0.29) is 13.2 Å². The van der Waals surface area contributed by atoms with Crippen LogP contribution in [-0.2, 0) is 26.1 Å². The fraction of sp³-hybridized carbons (Fsp3) is 0.424. The van der Waals surface area contributed by atoms with E-state index in [1.165, 1.54) is 11.4 Å². The van der Waals surface area contributed by atoms with Crippen molar-refractivity contribution in [3.05, 3.63) is 65.1 Å². The number of likely N-dealkylation sites (N-methyl/N-ethyl adjacent to an activating group) is 1. The van der Waals surface area contributed by atoms with E-state index >= 15 is 0 Å². The van der Waals surface area contributed by atoms with Crippen LogP contribution in [0.15, 0.2) is 42.7 Å². The number of aryl methyl sites for hydroxylation is 2. The molecule has 5 rings (SSSR count). The van der Waals surface area contributed by atoms with Crippen LogP contribution >= 0.6 is 0 Å². The number of sulfonamides is 1. The molecule has 2 aromatic carbocycles. The standard InChI is InChI=1S/C33H41N5O6S/c1-20-9-11-23(12-10-20)27-25-17-21(2)37-13-14-38(32-34-18-24(19-35-32)43-16-15-36(7)45(8,41)42)28(29(25)37)22(3)26(27)30(31(39)40)44-33(4,5)6/h9-12,17-19,30H,13-16H2,1-8H3,(H,39,40)/t30-/m0/s1. The Morgan fingerprint density at radius 2 is 1.73 bits per heavy atom. The van der Waals surface area contributed by atoms with Crippen molar-refractivity contribution < 1.29 is 27.8 Å². The van der Waals surface area contributed by atoms with Crippen LogP contribution in [0.3, 0.4) is 0 Å². The molecule has 1 aliphatic heterocycles. The summed E-state index contributed by atoms with van der Waals surface area (Å²) in [5.74, 6) is -0.202. The Morgan fingerprint density at radius 1 is 1.09 bits per heavy atom. The molecule has 12 heteroatoms. The van der Waals surface area contributed by atoms with Crippen molar-refractivity contribution >= 4 is 38.5 Å². The summed E-state index contributed by atoms with van der Waals surface area (Å²) in [6.07, 6.45) is 3.06. The van der Waals surface area contributed by atoms with E-state index in [4.69, 9.17) is 9.47 Å². The molecule has 2 aromatic heterocycles. The maximum Gasteiger partial charge on any atom is 0.337 e. The van der Waals surface area contributed by atoms with Gasteiger partial charge in [0.15, 0.2) is 11.9 Å². The van der Waals surface area contributed by atoms with Gasteiger partial charge in [0.05, 0.1) is 35.5 Å². The third-order valence-electron chi connectivity index (χ3n) is 8.04. The van der Waals surface area contributed by atoms with Gasteiger partial charge in [-0.15, -0.1) is 0 Å². The molecule has 0 saturated heterocycles. The van der Waals surface area contributed by atoms with E-state index in [1.54, 1.807) is 12.4 Å². The summed E-state index contributed by atoms with van der Waals surface area (Å²) >= 11 is 0. The highest BCUT2D eigenvalue weighted by molar-refractivity contribution is 7.88. The highest BCUT2D eigenvalue weighted by atomic mass is 32.2. The average molecular weight is 636 g/mol. The molecule has 0 amide bonds. The van der Waals surface area contributed by atoms with Crippen LogP contribution in [0.25, 0.3) is 22.0 Å². The minimum Gasteiger partial charge on any atom is -0.489 e. The van der Waals surface area contributed by atoms with Gasteiger partial charge < -0.3 is 24.0 Å². The number of carboxylic acid groups (broad SMARTS) is 1. The van der Waals surface area contributed by atoms with Gasteiger partial charge in [0.2, 0.25) is 16.0 Å². The van der Waals surface area contributed by atoms with Crippen LogP contribution in [0.2, 0.25) is 0 Å². The molecule has 0 radical (unpaired) electrons. The van der Waals surface area contributed by atoms with Crippen molar-refractivity contribution in [2.45, 2.75) is 59.8 Å². The van der Waals surface area contributed by atoms with Gasteiger partial charge in [0.25, 0.3) is 0 Å². The average Bonchev–Trinajstić information content (AvgIpc) is 3.29. The topological polar surface area (TPSA) is 127 Å². The molecule has 0 unspecified atom stereocenters. The number of aliphatic carboxylic acids is 1. The number of rotatable bonds is 10. The molecule has 0 saturated carbocycles. The summed E-state index contributed by atoms with van der Waals surface area (Å²) < 4.78 is 38.8. The maximum absolute atomic E-state index is 12.9. The molecule has 1 atom stereocenters. The monoisotopic (exact) mass is 635 g/mol. The zero-order valence-corrected chi connectivity index (χ0v) is 27.9. The van der Waals surface area contributed by atoms with Crippen LogP contribution in [0.5, 0.6) is 5.75 Å². The van der Waals surface area contributed by atoms with Crippen LogP contribution in [0, 0.1) is 20.8 Å². The lowest BCUT2D eigenvalue weighted by Gasteiger charge is -2.35. The van der Waals surface area contributed by atoms with Crippen molar-refractivity contribution in [1.82, 2.24) is 18.8 Å². The minimum atomic E-state index is -3.30. The summed E-state index contributed by atoms with van der Waals surface area (Å²) in [6, 6.07) is 10.3. The van der Waals surface area contributed by atoms with Crippen LogP contribution in [-0.4, -0.2) is 76.9 Å². The van der Waals surface area contributed by atoms with E-state index in [2.05, 4.69) is 27.5 Å². The Bertz CT molecular complexity index is 1840. The van der Waals surface area contributed by atoms with Gasteiger partial charge in [0.1, 0.15) is 6.61 Å². The number of benzene rings is 2. The lowest BCUT2D eigenvalue weighted by molar-refractivity contribution is -0.160. The molecule has 240 valence electrons. The molecule has 0 aliphatic carbocycles. The van der Waals surface area contributed by atoms with Gasteiger partial charge in [-0.25, -0.2) is 27.5 Å². The van der Waals surface area contributed by atoms with Gasteiger partial charge in [-0.05, 0) is 64.3 Å². The zero-order chi connectivity index (χ0) is 32.8. The van der Waals surface area contributed by atoms with E-state index in [9.17, 15) is 18.3 Å². The van der Waals surface area contributed by atoms with Crippen molar-refractivity contribution in [2.24, 2.45) is 0 Å². The summed E-state index contributed by atoms with van der Waals surface area (Å²) in [4.78, 5) is 24.2. The summed E-state index contributed by atoms with van der Waals surface area (Å²) in [7, 11) is -1.81. The Morgan fingerprint density at radius 3 is 2.31 bits per heavy atom. The second kappa shape index (κ2) is 12.1. The molecule has 0 bridgehead atoms. The molecule has 1 N–H and O–H groups in total. The fourth-order valence-corrected chi connectivity index (χ4v) is 6.22. The minimum absolute atomic E-state index is 0.150. The molecule has 3 heterocycles. The molecular weight excluding hydrogens is 594 g/mol. The highest BCUT2D eigenvalue weighted by Crippen LogP contribution is 2.49. The Balaban J connectivity index is 1.65. The summed E-state index contributed by atoms with van der Waals surface area (Å²) in [6.45, 7) is 13.2. The first-order valence-corrected chi connectivity index (χ1v) is 16.7. The molecule has 0 fully saturated rings. The largest absolute Gasteiger partial charge is 0.489 e. The number of aromatic nitrogens is 3. The Kier molecular flexibility index (Phi) is 8.69. The molecule has 1 aliphatic rings. The lowest BCUT2D eigenvalue weighted by Crippen LogP contribution is -2.32. The SMILES string of the molecule is Cc1ccc(-c2c([C@H](OC(C)(C)C)C(=O)O)c(C)c3c4c2cc(C)n4CCN3c2ncc(OCCN(C)S(C)(=O)=O)cn2)cc1. The van der Waals surface area contributed by atoms with E-state index in [0.717, 1.165) is 50.8 Å². The number of carbonyl (C=O) groups is 1. The smallest absolute Gasteiger partial charge is 0.337 e. The molecular formula is C33H41N5O6S. The summed E-state index contributed by atoms with van der Waals surface area (Å²) in [5, 5.41) is 11.5. The van der Waals surface area contributed by atoms with Gasteiger partial charge in [-0.1, -0.05) is 29.8 Å². The van der Waals surface area contributed by atoms with Gasteiger partial charge in [0, 0.05) is 43.3 Å². The first-order chi connectivity index (χ1) is 21.1. The van der Waals surface area contributed by atoms with Gasteiger partial charge in [-0.2, -0.15) is 0 Å². The number of ether oxygens (including phenoxy) is 2. The van der Waals surface area contributed by atoms with Crippen LogP contribution in [0.1, 0.15) is 49.3 Å². The van der Waals surface area contributed by atoms with E-state index in [0.29, 0.717) is 30.4 Å². The number of hydrogen-bond donors (Lipinski definition) is 1. The lowest BCUT2D eigenvalue weighted by atomic mass is 9.87. The number of hydrogen-bond acceptors (Lipinski definition) is 8. The molecule has 45 heavy (non-hydrogen) atoms. The second-order valence-corrected chi connectivity index (χ2v) is 14.7. The van der Waals surface area contributed by atoms with E-state index < -0.39 is 27.7 Å². The first-order valence-electron chi connectivity index (χ1n) is 14.8. The normalized spacial score (nSPS) is 14.3. The van der Waals surface area contributed by atoms with Gasteiger partial charge >= 0.3 is 5.97 Å². The number of anilines is 2. The number of nitrogens with zero attached hydrogens (tertiary/aromatic N) is 5. The molecule has 0 spiro atoms. The summed E-state index contributed by atoms with van der Waals surface area (Å²) in [5.41, 5.74) is 6.43. The van der Waals surface area contributed by atoms with Crippen LogP contribution < -0.4 is 9.64 Å². The molecule has 11 nitrogen and oxygen atoms in total. The molecule has 4 aromatic rings. The fourth-order valence-electron chi connectivity index (χ4n) is 5.82. The van der Waals surface area contributed by atoms with Crippen LogP contribution in [0.4, 0.5) is 11.6 Å². The predicted molar refractivity (Wildman–Crippen MR) is 175 cm³/mol. The van der Waals surface area contributed by atoms with Crippen molar-refractivity contribution in [3.8, 4) is 16.9 Å². The number of carboxylic acids is 1. The van der Waals surface area contributed by atoms with E-state index in [1.807, 2.05) is 63.8 Å². The van der Waals surface area contributed by atoms with Crippen molar-refractivity contribution in [1.29, 1.82) is 0 Å². The second-order valence-electron chi connectivity index (χ2n) is 12.6. The van der Waals surface area contributed by atoms with Crippen molar-refractivity contribution in [2.75, 3.05) is 37.9 Å². The first kappa shape index (κ1) is 32.4. The van der Waals surface area contributed by atoms with Crippen molar-refractivity contribution in [3.63, 3.8) is 0 Å².